The molecule has 3 nitrogen and oxygen atoms in total. The Balaban J connectivity index is 1.60. The van der Waals surface area contributed by atoms with Crippen molar-refractivity contribution in [1.29, 1.82) is 0 Å². The quantitative estimate of drug-likeness (QED) is 0.866. The zero-order valence-corrected chi connectivity index (χ0v) is 14.6. The molecule has 120 valence electrons. The van der Waals surface area contributed by atoms with Gasteiger partial charge in [0, 0.05) is 17.6 Å². The number of halogens is 1. The Labute approximate surface area is 145 Å². The number of amides is 1. The number of benzene rings is 2. The van der Waals surface area contributed by atoms with Crippen molar-refractivity contribution in [2.45, 2.75) is 32.0 Å². The van der Waals surface area contributed by atoms with Gasteiger partial charge in [0.15, 0.2) is 0 Å². The van der Waals surface area contributed by atoms with Crippen molar-refractivity contribution in [2.75, 3.05) is 6.54 Å². The van der Waals surface area contributed by atoms with Gasteiger partial charge in [0.1, 0.15) is 0 Å². The van der Waals surface area contributed by atoms with Crippen molar-refractivity contribution in [3.05, 3.63) is 70.2 Å². The first-order chi connectivity index (χ1) is 11.2. The Kier molecular flexibility index (Phi) is 5.47. The number of hydrogen-bond donors (Lipinski definition) is 1. The van der Waals surface area contributed by atoms with E-state index in [2.05, 4.69) is 38.3 Å². The van der Waals surface area contributed by atoms with Gasteiger partial charge in [-0.25, -0.2) is 0 Å². The Morgan fingerprint density at radius 3 is 2.65 bits per heavy atom. The van der Waals surface area contributed by atoms with E-state index in [-0.39, 0.29) is 11.9 Å². The molecule has 23 heavy (non-hydrogen) atoms. The van der Waals surface area contributed by atoms with Gasteiger partial charge in [-0.15, -0.1) is 0 Å². The molecule has 3 rings (SSSR count). The molecule has 0 aliphatic carbocycles. The number of carbonyl (C=O) groups is 1. The van der Waals surface area contributed by atoms with Gasteiger partial charge in [0.2, 0.25) is 5.91 Å². The summed E-state index contributed by atoms with van der Waals surface area (Å²) < 4.78 is 1.11. The Morgan fingerprint density at radius 2 is 1.87 bits per heavy atom. The molecule has 1 heterocycles. The summed E-state index contributed by atoms with van der Waals surface area (Å²) in [4.78, 5) is 14.8. The number of carbonyl (C=O) groups excluding carboxylic acids is 1. The van der Waals surface area contributed by atoms with E-state index >= 15 is 0 Å². The molecule has 1 aliphatic heterocycles. The summed E-state index contributed by atoms with van der Waals surface area (Å²) in [5.74, 6) is 0.137. The van der Waals surface area contributed by atoms with E-state index in [9.17, 15) is 4.79 Å². The zero-order valence-electron chi connectivity index (χ0n) is 13.0. The molecule has 0 radical (unpaired) electrons. The van der Waals surface area contributed by atoms with Gasteiger partial charge >= 0.3 is 0 Å². The summed E-state index contributed by atoms with van der Waals surface area (Å²) in [6.45, 7) is 2.38. The van der Waals surface area contributed by atoms with Crippen molar-refractivity contribution in [3.8, 4) is 0 Å². The van der Waals surface area contributed by atoms with Crippen LogP contribution in [-0.2, 0) is 17.9 Å². The third kappa shape index (κ3) is 4.21. The zero-order chi connectivity index (χ0) is 16.1. The van der Waals surface area contributed by atoms with Crippen LogP contribution in [0, 0.1) is 0 Å². The summed E-state index contributed by atoms with van der Waals surface area (Å²) in [6.07, 6.45) is 2.01. The topological polar surface area (TPSA) is 32.3 Å². The molecule has 2 aromatic carbocycles. The Morgan fingerprint density at radius 1 is 1.13 bits per heavy atom. The monoisotopic (exact) mass is 372 g/mol. The molecular weight excluding hydrogens is 352 g/mol. The summed E-state index contributed by atoms with van der Waals surface area (Å²) in [6, 6.07) is 18.3. The van der Waals surface area contributed by atoms with Crippen LogP contribution in [0.3, 0.4) is 0 Å². The van der Waals surface area contributed by atoms with Gasteiger partial charge in [-0.2, -0.15) is 0 Å². The highest BCUT2D eigenvalue weighted by Crippen LogP contribution is 2.24. The predicted molar refractivity (Wildman–Crippen MR) is 95.9 cm³/mol. The summed E-state index contributed by atoms with van der Waals surface area (Å²) >= 11 is 3.59. The molecule has 1 amide bonds. The van der Waals surface area contributed by atoms with Crippen LogP contribution in [0.2, 0.25) is 0 Å². The molecule has 1 fully saturated rings. The number of hydrogen-bond acceptors (Lipinski definition) is 2. The molecule has 0 saturated carbocycles. The van der Waals surface area contributed by atoms with E-state index in [1.54, 1.807) is 0 Å². The molecule has 0 spiro atoms. The largest absolute Gasteiger partial charge is 0.351 e. The van der Waals surface area contributed by atoms with E-state index in [0.29, 0.717) is 6.54 Å². The molecule has 1 saturated heterocycles. The van der Waals surface area contributed by atoms with Crippen LogP contribution in [0.15, 0.2) is 59.1 Å². The minimum atomic E-state index is -0.0224. The molecular formula is C19H21BrN2O. The highest BCUT2D eigenvalue weighted by molar-refractivity contribution is 9.10. The van der Waals surface area contributed by atoms with Gasteiger partial charge in [-0.1, -0.05) is 64.5 Å². The standard InChI is InChI=1S/C19H21BrN2O/c20-17-10-5-4-9-16(17)14-22-12-6-11-18(22)19(23)21-13-15-7-2-1-3-8-15/h1-5,7-10,18H,6,11-14H2,(H,21,23). The number of rotatable bonds is 5. The van der Waals surface area contributed by atoms with Crippen molar-refractivity contribution >= 4 is 21.8 Å². The summed E-state index contributed by atoms with van der Waals surface area (Å²) in [7, 11) is 0. The summed E-state index contributed by atoms with van der Waals surface area (Å²) in [5, 5.41) is 3.08. The third-order valence-corrected chi connectivity index (χ3v) is 5.08. The lowest BCUT2D eigenvalue weighted by molar-refractivity contribution is -0.125. The van der Waals surface area contributed by atoms with Gasteiger partial charge in [-0.05, 0) is 36.6 Å². The lowest BCUT2D eigenvalue weighted by Crippen LogP contribution is -2.42. The van der Waals surface area contributed by atoms with Gasteiger partial charge in [0.05, 0.1) is 6.04 Å². The molecule has 0 aromatic heterocycles. The van der Waals surface area contributed by atoms with Crippen molar-refractivity contribution in [2.24, 2.45) is 0 Å². The maximum absolute atomic E-state index is 12.5. The number of likely N-dealkylation sites (tertiary alicyclic amines) is 1. The maximum Gasteiger partial charge on any atom is 0.237 e. The molecule has 1 unspecified atom stereocenters. The first-order valence-electron chi connectivity index (χ1n) is 8.03. The van der Waals surface area contributed by atoms with Crippen LogP contribution in [-0.4, -0.2) is 23.4 Å². The normalized spacial score (nSPS) is 18.0. The van der Waals surface area contributed by atoms with E-state index < -0.39 is 0 Å². The second kappa shape index (κ2) is 7.75. The highest BCUT2D eigenvalue weighted by Gasteiger charge is 2.30. The first kappa shape index (κ1) is 16.2. The van der Waals surface area contributed by atoms with Crippen LogP contribution >= 0.6 is 15.9 Å². The van der Waals surface area contributed by atoms with E-state index in [0.717, 1.165) is 36.0 Å². The van der Waals surface area contributed by atoms with E-state index in [4.69, 9.17) is 0 Å². The molecule has 2 aromatic rings. The molecule has 1 atom stereocenters. The maximum atomic E-state index is 12.5. The summed E-state index contributed by atoms with van der Waals surface area (Å²) in [5.41, 5.74) is 2.37. The van der Waals surface area contributed by atoms with E-state index in [1.807, 2.05) is 42.5 Å². The van der Waals surface area contributed by atoms with Gasteiger partial charge < -0.3 is 5.32 Å². The lowest BCUT2D eigenvalue weighted by atomic mass is 10.1. The molecule has 0 bridgehead atoms. The fourth-order valence-corrected chi connectivity index (χ4v) is 3.47. The Hall–Kier alpha value is -1.65. The molecule has 1 N–H and O–H groups in total. The second-order valence-electron chi connectivity index (χ2n) is 5.92. The fraction of sp³-hybridized carbons (Fsp3) is 0.316. The predicted octanol–water partition coefficient (Wildman–Crippen LogP) is 3.73. The molecule has 1 aliphatic rings. The average molecular weight is 373 g/mol. The van der Waals surface area contributed by atoms with Crippen LogP contribution in [0.25, 0.3) is 0 Å². The first-order valence-corrected chi connectivity index (χ1v) is 8.82. The number of nitrogens with one attached hydrogen (secondary N) is 1. The second-order valence-corrected chi connectivity index (χ2v) is 6.78. The minimum Gasteiger partial charge on any atom is -0.351 e. The fourth-order valence-electron chi connectivity index (χ4n) is 3.06. The minimum absolute atomic E-state index is 0.0224. The Bertz CT molecular complexity index is 659. The smallest absolute Gasteiger partial charge is 0.237 e. The van der Waals surface area contributed by atoms with Crippen molar-refractivity contribution < 1.29 is 4.79 Å². The number of nitrogens with zero attached hydrogens (tertiary/aromatic N) is 1. The SMILES string of the molecule is O=C(NCc1ccccc1)C1CCCN1Cc1ccccc1Br. The van der Waals surface area contributed by atoms with Crippen LogP contribution < -0.4 is 5.32 Å². The van der Waals surface area contributed by atoms with Crippen LogP contribution in [0.1, 0.15) is 24.0 Å². The van der Waals surface area contributed by atoms with Crippen molar-refractivity contribution in [1.82, 2.24) is 10.2 Å². The van der Waals surface area contributed by atoms with E-state index in [1.165, 1.54) is 5.56 Å². The third-order valence-electron chi connectivity index (χ3n) is 4.31. The van der Waals surface area contributed by atoms with Crippen LogP contribution in [0.4, 0.5) is 0 Å². The van der Waals surface area contributed by atoms with Gasteiger partial charge in [-0.3, -0.25) is 9.69 Å². The average Bonchev–Trinajstić information content (AvgIpc) is 3.04. The highest BCUT2D eigenvalue weighted by atomic mass is 79.9. The lowest BCUT2D eigenvalue weighted by Gasteiger charge is -2.24. The molecule has 4 heteroatoms. The van der Waals surface area contributed by atoms with Gasteiger partial charge in [0.25, 0.3) is 0 Å². The van der Waals surface area contributed by atoms with Crippen LogP contribution in [0.5, 0.6) is 0 Å². The van der Waals surface area contributed by atoms with Crippen molar-refractivity contribution in [3.63, 3.8) is 0 Å².